The molecule has 3 aromatic rings. The zero-order valence-electron chi connectivity index (χ0n) is 18.5. The molecule has 0 saturated carbocycles. The van der Waals surface area contributed by atoms with E-state index in [1.165, 1.54) is 6.07 Å². The van der Waals surface area contributed by atoms with Crippen molar-refractivity contribution in [1.82, 2.24) is 15.1 Å². The minimum absolute atomic E-state index is 0.195. The minimum atomic E-state index is -0.861. The predicted molar refractivity (Wildman–Crippen MR) is 117 cm³/mol. The first kappa shape index (κ1) is 22.1. The molecule has 2 heterocycles. The fraction of sp³-hybridized carbons (Fsp3) is 0.375. The Morgan fingerprint density at radius 1 is 1.00 bits per heavy atom. The normalized spacial score (nSPS) is 16.7. The maximum atomic E-state index is 13.8. The minimum Gasteiger partial charge on any atom is -0.496 e. The second-order valence-electron chi connectivity index (χ2n) is 7.92. The summed E-state index contributed by atoms with van der Waals surface area (Å²) in [6.45, 7) is 2.44. The number of methoxy groups -OCH3 is 3. The van der Waals surface area contributed by atoms with Crippen LogP contribution in [0.3, 0.4) is 0 Å². The number of likely N-dealkylation sites (tertiary alicyclic amines) is 1. The van der Waals surface area contributed by atoms with E-state index in [-0.39, 0.29) is 5.92 Å². The summed E-state index contributed by atoms with van der Waals surface area (Å²) >= 11 is 0. The molecule has 0 spiro atoms. The molecule has 2 aromatic carbocycles. The second kappa shape index (κ2) is 9.56. The highest BCUT2D eigenvalue weighted by molar-refractivity contribution is 5.66. The molecule has 0 amide bonds. The van der Waals surface area contributed by atoms with E-state index in [0.29, 0.717) is 23.6 Å². The molecular weight excluding hydrogens is 416 g/mol. The van der Waals surface area contributed by atoms with Crippen molar-refractivity contribution in [2.75, 3.05) is 34.4 Å². The highest BCUT2D eigenvalue weighted by atomic mass is 19.2. The molecule has 1 aliphatic heterocycles. The average molecular weight is 443 g/mol. The van der Waals surface area contributed by atoms with E-state index in [0.717, 1.165) is 54.6 Å². The summed E-state index contributed by atoms with van der Waals surface area (Å²) in [5.41, 5.74) is 3.38. The van der Waals surface area contributed by atoms with E-state index in [4.69, 9.17) is 14.2 Å². The number of rotatable bonds is 7. The van der Waals surface area contributed by atoms with Crippen LogP contribution in [0.4, 0.5) is 8.78 Å². The van der Waals surface area contributed by atoms with Gasteiger partial charge in [-0.2, -0.15) is 5.10 Å². The number of H-pyrrole nitrogens is 1. The third-order valence-electron chi connectivity index (χ3n) is 5.99. The third kappa shape index (κ3) is 4.41. The number of aromatic amines is 1. The van der Waals surface area contributed by atoms with Crippen molar-refractivity contribution in [3.63, 3.8) is 0 Å². The molecule has 6 nitrogen and oxygen atoms in total. The molecule has 0 radical (unpaired) electrons. The van der Waals surface area contributed by atoms with Gasteiger partial charge >= 0.3 is 0 Å². The van der Waals surface area contributed by atoms with E-state index in [1.807, 2.05) is 12.1 Å². The number of ether oxygens (including phenoxy) is 3. The Bertz CT molecular complexity index is 1090. The van der Waals surface area contributed by atoms with Gasteiger partial charge in [-0.1, -0.05) is 6.07 Å². The van der Waals surface area contributed by atoms with Crippen LogP contribution in [0, 0.1) is 11.6 Å². The lowest BCUT2D eigenvalue weighted by Gasteiger charge is -2.33. The third-order valence-corrected chi connectivity index (χ3v) is 5.99. The number of piperidine rings is 1. The first-order valence-electron chi connectivity index (χ1n) is 10.5. The number of aromatic nitrogens is 2. The number of hydrogen-bond acceptors (Lipinski definition) is 5. The van der Waals surface area contributed by atoms with Crippen molar-refractivity contribution in [3.8, 4) is 28.4 Å². The average Bonchev–Trinajstić information content (AvgIpc) is 3.31. The molecule has 1 aromatic heterocycles. The molecule has 1 N–H and O–H groups in total. The Morgan fingerprint density at radius 2 is 1.75 bits per heavy atom. The molecule has 4 rings (SSSR count). The predicted octanol–water partition coefficient (Wildman–Crippen LogP) is 4.76. The van der Waals surface area contributed by atoms with Crippen LogP contribution in [0.2, 0.25) is 0 Å². The van der Waals surface area contributed by atoms with Gasteiger partial charge in [0.25, 0.3) is 0 Å². The van der Waals surface area contributed by atoms with Gasteiger partial charge in [0.1, 0.15) is 5.75 Å². The van der Waals surface area contributed by atoms with Crippen LogP contribution in [0.25, 0.3) is 11.1 Å². The van der Waals surface area contributed by atoms with Crippen molar-refractivity contribution >= 4 is 0 Å². The zero-order chi connectivity index (χ0) is 22.7. The first-order valence-corrected chi connectivity index (χ1v) is 10.5. The number of halogens is 2. The molecule has 0 unspecified atom stereocenters. The lowest BCUT2D eigenvalue weighted by Crippen LogP contribution is -2.34. The lowest BCUT2D eigenvalue weighted by molar-refractivity contribution is 0.196. The Kier molecular flexibility index (Phi) is 6.60. The SMILES string of the molecule is COc1cc(OC)c(OC)cc1CN1CCC[C@@H](c2[nH]ncc2-c2ccc(F)c(F)c2)C1. The smallest absolute Gasteiger partial charge is 0.164 e. The molecule has 8 heteroatoms. The molecular formula is C24H27F2N3O3. The van der Waals surface area contributed by atoms with Crippen LogP contribution in [0.5, 0.6) is 17.2 Å². The summed E-state index contributed by atoms with van der Waals surface area (Å²) in [5, 5.41) is 7.29. The van der Waals surface area contributed by atoms with Crippen molar-refractivity contribution < 1.29 is 23.0 Å². The second-order valence-corrected chi connectivity index (χ2v) is 7.92. The van der Waals surface area contributed by atoms with E-state index < -0.39 is 11.6 Å². The molecule has 1 atom stereocenters. The summed E-state index contributed by atoms with van der Waals surface area (Å²) in [6, 6.07) is 7.74. The fourth-order valence-electron chi connectivity index (χ4n) is 4.39. The topological polar surface area (TPSA) is 59.6 Å². The number of benzene rings is 2. The molecule has 0 aliphatic carbocycles. The lowest BCUT2D eigenvalue weighted by atomic mass is 9.90. The quantitative estimate of drug-likeness (QED) is 0.571. The van der Waals surface area contributed by atoms with Gasteiger partial charge in [-0.05, 0) is 43.1 Å². The number of nitrogens with one attached hydrogen (secondary N) is 1. The highest BCUT2D eigenvalue weighted by Gasteiger charge is 2.26. The number of hydrogen-bond donors (Lipinski definition) is 1. The van der Waals surface area contributed by atoms with Gasteiger partial charge in [0, 0.05) is 41.9 Å². The van der Waals surface area contributed by atoms with Crippen molar-refractivity contribution in [1.29, 1.82) is 0 Å². The Labute approximate surface area is 186 Å². The van der Waals surface area contributed by atoms with E-state index in [9.17, 15) is 8.78 Å². The molecule has 1 aliphatic rings. The molecule has 170 valence electrons. The van der Waals surface area contributed by atoms with Gasteiger partial charge in [0.2, 0.25) is 0 Å². The van der Waals surface area contributed by atoms with E-state index >= 15 is 0 Å². The summed E-state index contributed by atoms with van der Waals surface area (Å²) in [6.07, 6.45) is 3.67. The summed E-state index contributed by atoms with van der Waals surface area (Å²) in [5.74, 6) is 0.505. The molecule has 32 heavy (non-hydrogen) atoms. The summed E-state index contributed by atoms with van der Waals surface area (Å²) in [4.78, 5) is 2.35. The maximum Gasteiger partial charge on any atom is 0.164 e. The monoisotopic (exact) mass is 443 g/mol. The fourth-order valence-corrected chi connectivity index (χ4v) is 4.39. The van der Waals surface area contributed by atoms with Crippen LogP contribution in [-0.2, 0) is 6.54 Å². The van der Waals surface area contributed by atoms with Gasteiger partial charge in [0.15, 0.2) is 23.1 Å². The Morgan fingerprint density at radius 3 is 2.47 bits per heavy atom. The number of nitrogens with zero attached hydrogens (tertiary/aromatic N) is 2. The van der Waals surface area contributed by atoms with Crippen LogP contribution in [0.1, 0.15) is 30.0 Å². The van der Waals surface area contributed by atoms with Crippen molar-refractivity contribution in [2.45, 2.75) is 25.3 Å². The van der Waals surface area contributed by atoms with Gasteiger partial charge < -0.3 is 14.2 Å². The van der Waals surface area contributed by atoms with Gasteiger partial charge in [-0.3, -0.25) is 10.00 Å². The van der Waals surface area contributed by atoms with Crippen molar-refractivity contribution in [2.24, 2.45) is 0 Å². The Hall–Kier alpha value is -3.13. The summed E-state index contributed by atoms with van der Waals surface area (Å²) < 4.78 is 43.6. The van der Waals surface area contributed by atoms with Crippen molar-refractivity contribution in [3.05, 3.63) is 59.4 Å². The zero-order valence-corrected chi connectivity index (χ0v) is 18.5. The molecule has 1 saturated heterocycles. The van der Waals surface area contributed by atoms with Crippen LogP contribution in [-0.4, -0.2) is 49.5 Å². The standard InChI is InChI=1S/C24H27F2N3O3/c1-30-21-11-23(32-3)22(31-2)10-17(21)14-29-8-4-5-16(13-29)24-18(12-27-28-24)15-6-7-19(25)20(26)9-15/h6-7,9-12,16H,4-5,8,13-14H2,1-3H3,(H,27,28)/t16-/m1/s1. The summed E-state index contributed by atoms with van der Waals surface area (Å²) in [7, 11) is 4.85. The van der Waals surface area contributed by atoms with Crippen LogP contribution in [0.15, 0.2) is 36.5 Å². The van der Waals surface area contributed by atoms with Crippen LogP contribution >= 0.6 is 0 Å². The maximum absolute atomic E-state index is 13.8. The first-order chi connectivity index (χ1) is 15.5. The van der Waals surface area contributed by atoms with Gasteiger partial charge in [-0.15, -0.1) is 0 Å². The van der Waals surface area contributed by atoms with E-state index in [2.05, 4.69) is 15.1 Å². The van der Waals surface area contributed by atoms with Gasteiger partial charge in [-0.25, -0.2) is 8.78 Å². The molecule has 1 fully saturated rings. The van der Waals surface area contributed by atoms with E-state index in [1.54, 1.807) is 33.6 Å². The van der Waals surface area contributed by atoms with Crippen LogP contribution < -0.4 is 14.2 Å². The largest absolute Gasteiger partial charge is 0.496 e. The molecule has 0 bridgehead atoms. The highest BCUT2D eigenvalue weighted by Crippen LogP contribution is 2.37. The van der Waals surface area contributed by atoms with Gasteiger partial charge in [0.05, 0.1) is 27.5 Å². The Balaban J connectivity index is 1.56.